The summed E-state index contributed by atoms with van der Waals surface area (Å²) in [6.45, 7) is 2.40. The molecular formula is C31H36N4O2. The van der Waals surface area contributed by atoms with Gasteiger partial charge in [-0.3, -0.25) is 0 Å². The number of benzene rings is 1. The second kappa shape index (κ2) is 7.44. The average molecular weight is 497 g/mol. The quantitative estimate of drug-likeness (QED) is 0.578. The van der Waals surface area contributed by atoms with Gasteiger partial charge in [-0.25, -0.2) is 4.98 Å². The van der Waals surface area contributed by atoms with Crippen LogP contribution in [0.15, 0.2) is 48.2 Å². The molecule has 1 aromatic carbocycles. The zero-order valence-electron chi connectivity index (χ0n) is 22.0. The standard InChI is InChI=1S/C31H36N4O2/c1-28-9-10-29(18-32)16-21-15-25(36)24(35(2)3)17-30(21)11-12-31(29,37-30)26(28)7-6-23(28)20-4-5-22-19(14-20)8-13-34-27(22)33/h4-6,8,13-14,16,24-26,36H,7,9-12,15,17H2,1-3H3,(H2,33,34)/t24-,25?,26?,28?,29?,30+,31-/m0/s1. The summed E-state index contributed by atoms with van der Waals surface area (Å²) in [7, 11) is 4.09. The third kappa shape index (κ3) is 2.83. The van der Waals surface area contributed by atoms with Crippen LogP contribution < -0.4 is 5.73 Å². The zero-order valence-corrected chi connectivity index (χ0v) is 22.0. The molecule has 2 aliphatic heterocycles. The Hall–Kier alpha value is -2.72. The number of likely N-dealkylation sites (N-methyl/N-ethyl adjacent to an activating group) is 1. The van der Waals surface area contributed by atoms with E-state index < -0.39 is 17.1 Å². The van der Waals surface area contributed by atoms with Crippen molar-refractivity contribution in [3.63, 3.8) is 0 Å². The van der Waals surface area contributed by atoms with E-state index in [-0.39, 0.29) is 23.0 Å². The minimum absolute atomic E-state index is 0.0636. The number of pyridine rings is 1. The topological polar surface area (TPSA) is 95.4 Å². The van der Waals surface area contributed by atoms with E-state index in [1.54, 1.807) is 6.20 Å². The summed E-state index contributed by atoms with van der Waals surface area (Å²) in [4.78, 5) is 6.38. The molecule has 37 heavy (non-hydrogen) atoms. The van der Waals surface area contributed by atoms with Gasteiger partial charge in [-0.05, 0) is 98.7 Å². The highest BCUT2D eigenvalue weighted by Gasteiger charge is 2.73. The molecule has 0 amide bonds. The third-order valence-electron chi connectivity index (χ3n) is 11.0. The summed E-state index contributed by atoms with van der Waals surface area (Å²) < 4.78 is 7.37. The molecule has 6 heteroatoms. The number of nitrogens with two attached hydrogens (primary N) is 1. The number of hydrogen-bond acceptors (Lipinski definition) is 6. The number of ether oxygens (including phenoxy) is 1. The van der Waals surface area contributed by atoms with Crippen molar-refractivity contribution in [3.8, 4) is 6.07 Å². The van der Waals surface area contributed by atoms with Crippen LogP contribution in [0.1, 0.15) is 57.4 Å². The number of nitriles is 1. The van der Waals surface area contributed by atoms with Gasteiger partial charge >= 0.3 is 0 Å². The summed E-state index contributed by atoms with van der Waals surface area (Å²) in [6.07, 6.45) is 11.9. The normalized spacial score (nSPS) is 42.0. The number of nitrogen functional groups attached to an aromatic ring is 1. The Bertz CT molecular complexity index is 1420. The summed E-state index contributed by atoms with van der Waals surface area (Å²) in [5.74, 6) is 0.801. The van der Waals surface area contributed by atoms with Crippen molar-refractivity contribution in [3.05, 3.63) is 53.8 Å². The highest BCUT2D eigenvalue weighted by Crippen LogP contribution is 2.72. The van der Waals surface area contributed by atoms with E-state index in [1.807, 2.05) is 20.2 Å². The molecular weight excluding hydrogens is 460 g/mol. The molecule has 7 atom stereocenters. The summed E-state index contributed by atoms with van der Waals surface area (Å²) in [6, 6.07) is 11.4. The Morgan fingerprint density at radius 1 is 1.19 bits per heavy atom. The minimum atomic E-state index is -0.635. The fourth-order valence-electron chi connectivity index (χ4n) is 9.04. The van der Waals surface area contributed by atoms with Gasteiger partial charge in [-0.2, -0.15) is 5.26 Å². The molecule has 5 aliphatic rings. The van der Waals surface area contributed by atoms with Crippen LogP contribution in [0.4, 0.5) is 5.82 Å². The first kappa shape index (κ1) is 23.4. The van der Waals surface area contributed by atoms with Gasteiger partial charge in [-0.15, -0.1) is 0 Å². The Kier molecular flexibility index (Phi) is 4.70. The van der Waals surface area contributed by atoms with Crippen molar-refractivity contribution in [1.82, 2.24) is 9.88 Å². The Morgan fingerprint density at radius 3 is 2.81 bits per heavy atom. The molecule has 192 valence electrons. The van der Waals surface area contributed by atoms with E-state index in [1.165, 1.54) is 16.7 Å². The molecule has 3 aliphatic carbocycles. The molecule has 2 aromatic rings. The molecule has 3 fully saturated rings. The second-order valence-corrected chi connectivity index (χ2v) is 12.7. The van der Waals surface area contributed by atoms with Gasteiger partial charge in [0.25, 0.3) is 0 Å². The molecule has 4 unspecified atom stereocenters. The van der Waals surface area contributed by atoms with Crippen molar-refractivity contribution in [2.75, 3.05) is 19.8 Å². The monoisotopic (exact) mass is 496 g/mol. The number of aliphatic hydroxyl groups is 1. The Labute approximate surface area is 218 Å². The maximum atomic E-state index is 11.0. The molecule has 3 N–H and O–H groups in total. The number of allylic oxidation sites excluding steroid dienone is 2. The van der Waals surface area contributed by atoms with Gasteiger partial charge in [-0.1, -0.05) is 31.2 Å². The lowest BCUT2D eigenvalue weighted by atomic mass is 9.49. The van der Waals surface area contributed by atoms with Crippen LogP contribution in [0.3, 0.4) is 0 Å². The van der Waals surface area contributed by atoms with Gasteiger partial charge in [0.05, 0.1) is 23.4 Å². The molecule has 3 heterocycles. The smallest absolute Gasteiger partial charge is 0.131 e. The summed E-state index contributed by atoms with van der Waals surface area (Å²) in [5.41, 5.74) is 8.34. The van der Waals surface area contributed by atoms with Crippen LogP contribution >= 0.6 is 0 Å². The first-order valence-electron chi connectivity index (χ1n) is 13.7. The number of hydrogen-bond donors (Lipinski definition) is 2. The lowest BCUT2D eigenvalue weighted by Crippen LogP contribution is -2.64. The predicted molar refractivity (Wildman–Crippen MR) is 144 cm³/mol. The molecule has 1 aromatic heterocycles. The highest BCUT2D eigenvalue weighted by molar-refractivity contribution is 5.93. The highest BCUT2D eigenvalue weighted by atomic mass is 16.5. The van der Waals surface area contributed by atoms with Crippen molar-refractivity contribution in [2.45, 2.75) is 75.2 Å². The first-order valence-corrected chi connectivity index (χ1v) is 13.7. The summed E-state index contributed by atoms with van der Waals surface area (Å²) >= 11 is 0. The minimum Gasteiger partial charge on any atom is -0.391 e. The number of rotatable bonds is 2. The number of aliphatic hydroxyl groups excluding tert-OH is 1. The van der Waals surface area contributed by atoms with Gasteiger partial charge in [0.15, 0.2) is 0 Å². The Balaban J connectivity index is 1.31. The van der Waals surface area contributed by atoms with Crippen LogP contribution in [-0.4, -0.2) is 52.4 Å². The van der Waals surface area contributed by atoms with E-state index in [9.17, 15) is 10.4 Å². The summed E-state index contributed by atoms with van der Waals surface area (Å²) in [5, 5.41) is 23.8. The van der Waals surface area contributed by atoms with Crippen molar-refractivity contribution in [1.29, 1.82) is 5.26 Å². The van der Waals surface area contributed by atoms with Crippen LogP contribution in [0, 0.1) is 28.1 Å². The number of fused-ring (bicyclic) bond motifs is 2. The first-order chi connectivity index (χ1) is 17.7. The van der Waals surface area contributed by atoms with Gasteiger partial charge in [0.1, 0.15) is 11.2 Å². The third-order valence-corrected chi connectivity index (χ3v) is 11.0. The maximum Gasteiger partial charge on any atom is 0.131 e. The molecule has 1 saturated heterocycles. The van der Waals surface area contributed by atoms with Gasteiger partial charge in [0.2, 0.25) is 0 Å². The molecule has 2 bridgehead atoms. The van der Waals surface area contributed by atoms with Gasteiger partial charge < -0.3 is 20.5 Å². The molecule has 0 radical (unpaired) electrons. The lowest BCUT2D eigenvalue weighted by molar-refractivity contribution is -0.214. The fraction of sp³-hybridized carbons (Fsp3) is 0.548. The predicted octanol–water partition coefficient (Wildman–Crippen LogP) is 4.84. The van der Waals surface area contributed by atoms with Gasteiger partial charge in [0, 0.05) is 23.5 Å². The van der Waals surface area contributed by atoms with Crippen LogP contribution in [0.25, 0.3) is 16.3 Å². The van der Waals surface area contributed by atoms with E-state index in [0.717, 1.165) is 49.3 Å². The molecule has 6 nitrogen and oxygen atoms in total. The zero-order chi connectivity index (χ0) is 25.8. The van der Waals surface area contributed by atoms with Crippen molar-refractivity contribution >= 4 is 22.2 Å². The van der Waals surface area contributed by atoms with E-state index in [0.29, 0.717) is 12.2 Å². The van der Waals surface area contributed by atoms with Crippen LogP contribution in [-0.2, 0) is 4.74 Å². The number of aromatic nitrogens is 1. The molecule has 2 spiro atoms. The largest absolute Gasteiger partial charge is 0.391 e. The molecule has 7 rings (SSSR count). The van der Waals surface area contributed by atoms with Crippen molar-refractivity contribution < 1.29 is 9.84 Å². The SMILES string of the molecule is CN(C)[C@H]1C[C@@]23CC[C@]4(O2)C2CC=C(c5ccc6c(N)nccc6c5)C2(C)CCC4(C#N)C=C3CC1O. The number of nitrogens with zero attached hydrogens (tertiary/aromatic N) is 3. The average Bonchev–Trinajstić information content (AvgIpc) is 3.41. The second-order valence-electron chi connectivity index (χ2n) is 12.7. The number of anilines is 1. The van der Waals surface area contributed by atoms with E-state index in [2.05, 4.69) is 53.2 Å². The van der Waals surface area contributed by atoms with Crippen molar-refractivity contribution in [2.24, 2.45) is 16.7 Å². The molecule has 2 saturated carbocycles. The Morgan fingerprint density at radius 2 is 2.03 bits per heavy atom. The van der Waals surface area contributed by atoms with Crippen LogP contribution in [0.5, 0.6) is 0 Å². The maximum absolute atomic E-state index is 11.0. The lowest BCUT2D eigenvalue weighted by Gasteiger charge is -2.61. The van der Waals surface area contributed by atoms with Crippen LogP contribution in [0.2, 0.25) is 0 Å². The van der Waals surface area contributed by atoms with E-state index in [4.69, 9.17) is 10.5 Å². The van der Waals surface area contributed by atoms with E-state index >= 15 is 0 Å². The fourth-order valence-corrected chi connectivity index (χ4v) is 9.04.